The highest BCUT2D eigenvalue weighted by molar-refractivity contribution is 5.85. The molecular weight excluding hydrogens is 318 g/mol. The molecule has 1 aromatic heterocycles. The summed E-state index contributed by atoms with van der Waals surface area (Å²) in [6, 6.07) is 1.78. The van der Waals surface area contributed by atoms with Crippen LogP contribution in [0.3, 0.4) is 0 Å². The van der Waals surface area contributed by atoms with E-state index < -0.39 is 0 Å². The Bertz CT molecular complexity index is 516. The van der Waals surface area contributed by atoms with Crippen molar-refractivity contribution in [3.63, 3.8) is 0 Å². The summed E-state index contributed by atoms with van der Waals surface area (Å²) >= 11 is 0. The lowest BCUT2D eigenvalue weighted by Gasteiger charge is -2.35. The van der Waals surface area contributed by atoms with Gasteiger partial charge >= 0.3 is 0 Å². The number of rotatable bonds is 4. The van der Waals surface area contributed by atoms with E-state index in [1.165, 1.54) is 0 Å². The monoisotopic (exact) mass is 341 g/mol. The average molecular weight is 342 g/mol. The van der Waals surface area contributed by atoms with Crippen LogP contribution in [0.4, 0.5) is 5.95 Å². The van der Waals surface area contributed by atoms with Gasteiger partial charge in [-0.3, -0.25) is 4.79 Å². The lowest BCUT2D eigenvalue weighted by atomic mass is 10.2. The fourth-order valence-corrected chi connectivity index (χ4v) is 2.96. The first-order valence-corrected chi connectivity index (χ1v) is 8.01. The molecule has 7 nitrogen and oxygen atoms in total. The van der Waals surface area contributed by atoms with Crippen LogP contribution in [0.5, 0.6) is 5.88 Å². The normalized spacial score (nSPS) is 21.0. The zero-order valence-electron chi connectivity index (χ0n) is 13.4. The number of hydrogen-bond acceptors (Lipinski definition) is 6. The Morgan fingerprint density at radius 1 is 1.39 bits per heavy atom. The minimum Gasteiger partial charge on any atom is -0.478 e. The summed E-state index contributed by atoms with van der Waals surface area (Å²) in [5, 5.41) is 3.27. The smallest absolute Gasteiger partial charge is 0.239 e. The van der Waals surface area contributed by atoms with Crippen LogP contribution in [0.15, 0.2) is 12.3 Å². The Morgan fingerprint density at radius 2 is 2.17 bits per heavy atom. The Kier molecular flexibility index (Phi) is 6.41. The second-order valence-corrected chi connectivity index (χ2v) is 5.59. The first-order chi connectivity index (χ1) is 10.8. The zero-order chi connectivity index (χ0) is 15.4. The Hall–Kier alpha value is -1.60. The Balaban J connectivity index is 0.00000192. The summed E-state index contributed by atoms with van der Waals surface area (Å²) in [5.41, 5.74) is 0. The van der Waals surface area contributed by atoms with E-state index in [9.17, 15) is 4.79 Å². The van der Waals surface area contributed by atoms with Gasteiger partial charge in [0.15, 0.2) is 0 Å². The maximum atomic E-state index is 12.4. The largest absolute Gasteiger partial charge is 0.478 e. The van der Waals surface area contributed by atoms with Gasteiger partial charge in [-0.2, -0.15) is 4.98 Å². The van der Waals surface area contributed by atoms with Gasteiger partial charge in [0, 0.05) is 38.4 Å². The van der Waals surface area contributed by atoms with Crippen molar-refractivity contribution in [2.75, 3.05) is 44.2 Å². The van der Waals surface area contributed by atoms with E-state index in [2.05, 4.69) is 20.2 Å². The van der Waals surface area contributed by atoms with Crippen LogP contribution >= 0.6 is 12.4 Å². The Labute approximate surface area is 142 Å². The summed E-state index contributed by atoms with van der Waals surface area (Å²) in [5.74, 6) is 1.51. The molecule has 23 heavy (non-hydrogen) atoms. The molecule has 2 saturated heterocycles. The van der Waals surface area contributed by atoms with Crippen LogP contribution in [0.25, 0.3) is 0 Å². The van der Waals surface area contributed by atoms with Crippen molar-refractivity contribution >= 4 is 24.3 Å². The second-order valence-electron chi connectivity index (χ2n) is 5.59. The molecule has 0 spiro atoms. The zero-order valence-corrected chi connectivity index (χ0v) is 14.2. The molecule has 0 aromatic carbocycles. The molecule has 2 aliphatic heterocycles. The van der Waals surface area contributed by atoms with Crippen molar-refractivity contribution in [2.24, 2.45) is 0 Å². The predicted molar refractivity (Wildman–Crippen MR) is 90.3 cm³/mol. The number of hydrogen-bond donors (Lipinski definition) is 1. The highest BCUT2D eigenvalue weighted by Gasteiger charge is 2.29. The van der Waals surface area contributed by atoms with Gasteiger partial charge < -0.3 is 19.9 Å². The summed E-state index contributed by atoms with van der Waals surface area (Å²) in [6.07, 6.45) is 3.76. The van der Waals surface area contributed by atoms with Gasteiger partial charge in [0.1, 0.15) is 0 Å². The van der Waals surface area contributed by atoms with E-state index in [1.54, 1.807) is 12.3 Å². The number of halogens is 1. The quantitative estimate of drug-likeness (QED) is 0.869. The third-order valence-corrected chi connectivity index (χ3v) is 4.14. The third-order valence-electron chi connectivity index (χ3n) is 4.14. The summed E-state index contributed by atoms with van der Waals surface area (Å²) in [4.78, 5) is 25.2. The molecule has 0 aliphatic carbocycles. The molecular formula is C15H24ClN5O2. The maximum Gasteiger partial charge on any atom is 0.239 e. The van der Waals surface area contributed by atoms with E-state index in [-0.39, 0.29) is 24.4 Å². The van der Waals surface area contributed by atoms with Gasteiger partial charge in [-0.05, 0) is 26.3 Å². The molecule has 0 bridgehead atoms. The van der Waals surface area contributed by atoms with Crippen LogP contribution in [-0.4, -0.2) is 66.1 Å². The first-order valence-electron chi connectivity index (χ1n) is 8.01. The lowest BCUT2D eigenvalue weighted by molar-refractivity contribution is -0.133. The van der Waals surface area contributed by atoms with Crippen molar-refractivity contribution < 1.29 is 9.53 Å². The SMILES string of the molecule is CCOc1ccnc(N2CCN(C(=O)C3CCCN3)CC2)n1.Cl. The molecule has 2 fully saturated rings. The molecule has 3 heterocycles. The fraction of sp³-hybridized carbons (Fsp3) is 0.667. The molecule has 1 atom stereocenters. The number of nitrogens with one attached hydrogen (secondary N) is 1. The maximum absolute atomic E-state index is 12.4. The van der Waals surface area contributed by atoms with Crippen LogP contribution < -0.4 is 15.0 Å². The van der Waals surface area contributed by atoms with E-state index in [1.807, 2.05) is 11.8 Å². The van der Waals surface area contributed by atoms with E-state index in [4.69, 9.17) is 4.74 Å². The highest BCUT2D eigenvalue weighted by Crippen LogP contribution is 2.16. The summed E-state index contributed by atoms with van der Waals surface area (Å²) in [6.45, 7) is 6.44. The van der Waals surface area contributed by atoms with Crippen molar-refractivity contribution in [1.82, 2.24) is 20.2 Å². The molecule has 1 N–H and O–H groups in total. The lowest BCUT2D eigenvalue weighted by Crippen LogP contribution is -2.53. The number of ether oxygens (including phenoxy) is 1. The van der Waals surface area contributed by atoms with Gasteiger partial charge in [-0.15, -0.1) is 12.4 Å². The third kappa shape index (κ3) is 4.23. The number of amides is 1. The number of nitrogens with zero attached hydrogens (tertiary/aromatic N) is 4. The molecule has 0 saturated carbocycles. The van der Waals surface area contributed by atoms with Crippen molar-refractivity contribution in [3.8, 4) is 5.88 Å². The van der Waals surface area contributed by atoms with Crippen molar-refractivity contribution in [3.05, 3.63) is 12.3 Å². The highest BCUT2D eigenvalue weighted by atomic mass is 35.5. The van der Waals surface area contributed by atoms with Gasteiger partial charge in [-0.25, -0.2) is 4.98 Å². The average Bonchev–Trinajstić information content (AvgIpc) is 3.09. The van der Waals surface area contributed by atoms with E-state index in [0.29, 0.717) is 18.4 Å². The van der Waals surface area contributed by atoms with Gasteiger partial charge in [0.05, 0.1) is 12.6 Å². The van der Waals surface area contributed by atoms with Gasteiger partial charge in [0.2, 0.25) is 17.7 Å². The molecule has 1 amide bonds. The van der Waals surface area contributed by atoms with Crippen molar-refractivity contribution in [2.45, 2.75) is 25.8 Å². The van der Waals surface area contributed by atoms with E-state index in [0.717, 1.165) is 45.6 Å². The van der Waals surface area contributed by atoms with Crippen LogP contribution in [0.2, 0.25) is 0 Å². The van der Waals surface area contributed by atoms with Gasteiger partial charge in [-0.1, -0.05) is 0 Å². The molecule has 1 aromatic rings. The number of piperazine rings is 1. The minimum absolute atomic E-state index is 0. The van der Waals surface area contributed by atoms with Crippen molar-refractivity contribution in [1.29, 1.82) is 0 Å². The molecule has 8 heteroatoms. The molecule has 1 unspecified atom stereocenters. The molecule has 2 aliphatic rings. The molecule has 0 radical (unpaired) electrons. The summed E-state index contributed by atoms with van der Waals surface area (Å²) in [7, 11) is 0. The van der Waals surface area contributed by atoms with E-state index >= 15 is 0 Å². The summed E-state index contributed by atoms with van der Waals surface area (Å²) < 4.78 is 5.41. The number of aromatic nitrogens is 2. The van der Waals surface area contributed by atoms with Gasteiger partial charge in [0.25, 0.3) is 0 Å². The van der Waals surface area contributed by atoms with Crippen LogP contribution in [-0.2, 0) is 4.79 Å². The topological polar surface area (TPSA) is 70.6 Å². The number of carbonyl (C=O) groups excluding carboxylic acids is 1. The minimum atomic E-state index is 0. The standard InChI is InChI=1S/C15H23N5O2.ClH/c1-2-22-13-5-7-17-15(18-13)20-10-8-19(9-11-20)14(21)12-4-3-6-16-12;/h5,7,12,16H,2-4,6,8-11H2,1H3;1H. The Morgan fingerprint density at radius 3 is 2.83 bits per heavy atom. The van der Waals surface area contributed by atoms with Crippen LogP contribution in [0.1, 0.15) is 19.8 Å². The molecule has 128 valence electrons. The second kappa shape index (κ2) is 8.31. The molecule has 3 rings (SSSR count). The van der Waals surface area contributed by atoms with Crippen LogP contribution in [0, 0.1) is 0 Å². The number of carbonyl (C=O) groups is 1. The first kappa shape index (κ1) is 17.7. The number of anilines is 1. The fourth-order valence-electron chi connectivity index (χ4n) is 2.96. The predicted octanol–water partition coefficient (Wildman–Crippen LogP) is 0.698.